The first-order chi connectivity index (χ1) is 9.46. The normalized spacial score (nSPS) is 9.36. The summed E-state index contributed by atoms with van der Waals surface area (Å²) in [4.78, 5) is 0. The van der Waals surface area contributed by atoms with Crippen molar-refractivity contribution >= 4 is 32.3 Å². The predicted octanol–water partition coefficient (Wildman–Crippen LogP) is 4.44. The van der Waals surface area contributed by atoms with Crippen LogP contribution in [0.4, 0.5) is 0 Å². The SMILES string of the molecule is C[SiH](C)[Si]([SiH](C)C)[SiH](C)C.[CH3-].[Ti+3].c1cc[cH-]c1.c1cc[cH-]c1. The van der Waals surface area contributed by atoms with E-state index in [2.05, 4.69) is 39.3 Å². The van der Waals surface area contributed by atoms with Crippen LogP contribution in [0.3, 0.4) is 0 Å². The largest absolute Gasteiger partial charge is 3.00 e. The zero-order chi connectivity index (χ0) is 15.4. The van der Waals surface area contributed by atoms with Crippen LogP contribution in [-0.4, -0.2) is 32.3 Å². The van der Waals surface area contributed by atoms with Crippen molar-refractivity contribution in [2.24, 2.45) is 0 Å². The van der Waals surface area contributed by atoms with Gasteiger partial charge in [0, 0.05) is 32.3 Å². The Morgan fingerprint density at radius 3 is 0.864 bits per heavy atom. The van der Waals surface area contributed by atoms with E-state index in [9.17, 15) is 0 Å². The van der Waals surface area contributed by atoms with Crippen molar-refractivity contribution in [2.45, 2.75) is 39.3 Å². The molecule has 0 spiro atoms. The fourth-order valence-corrected chi connectivity index (χ4v) is 54.6. The van der Waals surface area contributed by atoms with E-state index in [4.69, 9.17) is 0 Å². The molecule has 0 saturated carbocycles. The average Bonchev–Trinajstić information content (AvgIpc) is 3.07. The molecule has 22 heavy (non-hydrogen) atoms. The Morgan fingerprint density at radius 1 is 0.591 bits per heavy atom. The minimum atomic E-state index is -0.176. The van der Waals surface area contributed by atoms with Gasteiger partial charge in [0.2, 0.25) is 0 Å². The molecule has 0 saturated heterocycles. The molecule has 2 rings (SSSR count). The second-order valence-corrected chi connectivity index (χ2v) is 36.2. The van der Waals surface area contributed by atoms with E-state index in [0.717, 1.165) is 0 Å². The molecule has 2 radical (unpaired) electrons. The smallest absolute Gasteiger partial charge is 0.358 e. The molecule has 0 bridgehead atoms. The van der Waals surface area contributed by atoms with Crippen LogP contribution >= 0.6 is 0 Å². The third-order valence-corrected chi connectivity index (χ3v) is 55.1. The molecule has 0 N–H and O–H groups in total. The minimum absolute atomic E-state index is 0. The zero-order valence-corrected chi connectivity index (χ0v) is 21.5. The summed E-state index contributed by atoms with van der Waals surface area (Å²) >= 11 is 0. The Hall–Kier alpha value is 0.282. The molecule has 0 amide bonds. The zero-order valence-electron chi connectivity index (χ0n) is 15.5. The standard InChI is InChI=1S/C6H21Si4.2C5H5.CH3.Ti/c1-7(2)10(8(3)4)9(5)6;2*1-2-4-5-3-1;;/h7-9H,1-6H3;2*1-5H;1H3;/q;3*-1;+3. The van der Waals surface area contributed by atoms with Crippen LogP contribution in [0.15, 0.2) is 60.7 Å². The average molecular weight is 399 g/mol. The summed E-state index contributed by atoms with van der Waals surface area (Å²) in [5, 5.41) is 0. The number of hydrogen-bond donors (Lipinski definition) is 0. The summed E-state index contributed by atoms with van der Waals surface area (Å²) in [6, 6.07) is 20.0. The molecule has 0 fully saturated rings. The monoisotopic (exact) mass is 398 g/mol. The second-order valence-electron chi connectivity index (χ2n) is 5.89. The van der Waals surface area contributed by atoms with Gasteiger partial charge in [0.05, 0.1) is 0 Å². The molecule has 0 atom stereocenters. The molecule has 2 aromatic rings. The van der Waals surface area contributed by atoms with Crippen molar-refractivity contribution in [1.29, 1.82) is 0 Å². The van der Waals surface area contributed by atoms with E-state index >= 15 is 0 Å². The van der Waals surface area contributed by atoms with E-state index in [0.29, 0.717) is 7.35 Å². The van der Waals surface area contributed by atoms with Crippen LogP contribution in [0.25, 0.3) is 0 Å². The van der Waals surface area contributed by atoms with Crippen molar-refractivity contribution in [3.63, 3.8) is 0 Å². The van der Waals surface area contributed by atoms with E-state index in [1.54, 1.807) is 0 Å². The third-order valence-electron chi connectivity index (χ3n) is 3.11. The maximum absolute atomic E-state index is 2.58. The summed E-state index contributed by atoms with van der Waals surface area (Å²) < 4.78 is 0. The van der Waals surface area contributed by atoms with Gasteiger partial charge in [-0.1, -0.05) is 39.3 Å². The van der Waals surface area contributed by atoms with Crippen LogP contribution in [0.2, 0.25) is 39.3 Å². The molecule has 0 unspecified atom stereocenters. The Kier molecular flexibility index (Phi) is 21.8. The number of hydrogen-bond acceptors (Lipinski definition) is 0. The van der Waals surface area contributed by atoms with Gasteiger partial charge >= 0.3 is 21.7 Å². The third kappa shape index (κ3) is 15.2. The first-order valence-corrected chi connectivity index (χ1v) is 21.5. The molecule has 2 aromatic carbocycles. The summed E-state index contributed by atoms with van der Waals surface area (Å²) in [6.45, 7) is 15.5. The summed E-state index contributed by atoms with van der Waals surface area (Å²) in [5.41, 5.74) is 0. The number of rotatable bonds is 3. The molecule has 5 heteroatoms. The quantitative estimate of drug-likeness (QED) is 0.530. The molecule has 0 heterocycles. The van der Waals surface area contributed by atoms with E-state index in [1.165, 1.54) is 0 Å². The van der Waals surface area contributed by atoms with Crippen molar-refractivity contribution in [2.75, 3.05) is 0 Å². The van der Waals surface area contributed by atoms with Gasteiger partial charge in [-0.25, -0.2) is 24.3 Å². The minimum Gasteiger partial charge on any atom is -0.358 e. The van der Waals surface area contributed by atoms with Crippen LogP contribution in [-0.2, 0) is 21.7 Å². The fourth-order valence-electron chi connectivity index (χ4n) is 2.64. The van der Waals surface area contributed by atoms with Gasteiger partial charge in [-0.05, 0) is 0 Å². The summed E-state index contributed by atoms with van der Waals surface area (Å²) in [5.74, 6) is 0. The molecular formula is C17H34Si4Ti. The van der Waals surface area contributed by atoms with Crippen LogP contribution in [0.5, 0.6) is 0 Å². The van der Waals surface area contributed by atoms with Crippen LogP contribution in [0.1, 0.15) is 0 Å². The summed E-state index contributed by atoms with van der Waals surface area (Å²) in [6.07, 6.45) is 0. The Labute approximate surface area is 160 Å². The van der Waals surface area contributed by atoms with Gasteiger partial charge in [0.25, 0.3) is 0 Å². The molecule has 0 aliphatic carbocycles. The second kappa shape index (κ2) is 17.6. The Morgan fingerprint density at radius 2 is 0.818 bits per heavy atom. The predicted molar refractivity (Wildman–Crippen MR) is 113 cm³/mol. The van der Waals surface area contributed by atoms with Crippen LogP contribution in [0, 0.1) is 7.43 Å². The maximum atomic E-state index is 2.58. The van der Waals surface area contributed by atoms with E-state index in [1.807, 2.05) is 60.7 Å². The van der Waals surface area contributed by atoms with Crippen molar-refractivity contribution in [3.8, 4) is 0 Å². The van der Waals surface area contributed by atoms with Crippen molar-refractivity contribution < 1.29 is 21.7 Å². The van der Waals surface area contributed by atoms with Gasteiger partial charge in [-0.2, -0.15) is 36.4 Å². The van der Waals surface area contributed by atoms with Gasteiger partial charge in [0.1, 0.15) is 0 Å². The van der Waals surface area contributed by atoms with Gasteiger partial charge in [-0.15, -0.1) is 0 Å². The van der Waals surface area contributed by atoms with Crippen molar-refractivity contribution in [3.05, 3.63) is 68.1 Å². The molecule has 122 valence electrons. The summed E-state index contributed by atoms with van der Waals surface area (Å²) in [7, 11) is -0.207. The molecule has 0 aromatic heterocycles. The van der Waals surface area contributed by atoms with Gasteiger partial charge < -0.3 is 7.43 Å². The molecule has 0 aliphatic rings. The van der Waals surface area contributed by atoms with Gasteiger partial charge in [-0.3, -0.25) is 0 Å². The first-order valence-electron chi connectivity index (χ1n) is 7.66. The topological polar surface area (TPSA) is 0 Å². The Bertz CT molecular complexity index is 290. The van der Waals surface area contributed by atoms with E-state index < -0.39 is 0 Å². The van der Waals surface area contributed by atoms with Crippen molar-refractivity contribution in [1.82, 2.24) is 0 Å². The van der Waals surface area contributed by atoms with Gasteiger partial charge in [0.15, 0.2) is 0 Å². The maximum Gasteiger partial charge on any atom is 3.00 e. The van der Waals surface area contributed by atoms with E-state index in [-0.39, 0.29) is 54.1 Å². The Balaban J connectivity index is -0.000000254. The first kappa shape index (κ1) is 27.1. The molecule has 0 aliphatic heterocycles. The fraction of sp³-hybridized carbons (Fsp3) is 0.353. The van der Waals surface area contributed by atoms with Crippen LogP contribution < -0.4 is 0 Å². The molecule has 0 nitrogen and oxygen atoms in total. The molecular weight excluding hydrogens is 364 g/mol.